The van der Waals surface area contributed by atoms with Gasteiger partial charge in [0.25, 0.3) is 5.91 Å². The van der Waals surface area contributed by atoms with Gasteiger partial charge in [0.1, 0.15) is 0 Å². The molecule has 2 aromatic rings. The molecule has 0 aliphatic heterocycles. The Kier molecular flexibility index (Phi) is 5.11. The minimum atomic E-state index is -0.982. The second-order valence-electron chi connectivity index (χ2n) is 5.08. The molecule has 5 heteroatoms. The molecular formula is C18H16N2O3. The van der Waals surface area contributed by atoms with E-state index in [1.807, 2.05) is 25.1 Å². The van der Waals surface area contributed by atoms with Gasteiger partial charge in [0.2, 0.25) is 0 Å². The summed E-state index contributed by atoms with van der Waals surface area (Å²) in [5, 5.41) is 17.9. The number of nitriles is 1. The van der Waals surface area contributed by atoms with Crippen molar-refractivity contribution >= 4 is 17.6 Å². The van der Waals surface area contributed by atoms with Crippen LogP contribution in [-0.4, -0.2) is 23.5 Å². The molecule has 0 aliphatic carbocycles. The second kappa shape index (κ2) is 7.23. The molecule has 0 saturated carbocycles. The van der Waals surface area contributed by atoms with Crippen molar-refractivity contribution in [3.63, 3.8) is 0 Å². The lowest BCUT2D eigenvalue weighted by molar-refractivity contribution is -0.136. The first-order chi connectivity index (χ1) is 11.0. The van der Waals surface area contributed by atoms with E-state index >= 15 is 0 Å². The zero-order chi connectivity index (χ0) is 16.8. The number of hydrogen-bond donors (Lipinski definition) is 1. The fourth-order valence-electron chi connectivity index (χ4n) is 2.26. The van der Waals surface area contributed by atoms with E-state index in [-0.39, 0.29) is 18.9 Å². The number of amides is 1. The number of rotatable bonds is 5. The summed E-state index contributed by atoms with van der Waals surface area (Å²) < 4.78 is 0. The molecule has 23 heavy (non-hydrogen) atoms. The summed E-state index contributed by atoms with van der Waals surface area (Å²) in [6, 6.07) is 15.7. The Morgan fingerprint density at radius 1 is 1.17 bits per heavy atom. The lowest BCUT2D eigenvalue weighted by Crippen LogP contribution is -2.33. The maximum absolute atomic E-state index is 12.8. The van der Waals surface area contributed by atoms with Crippen LogP contribution in [-0.2, 0) is 4.79 Å². The number of carbonyl (C=O) groups is 2. The van der Waals surface area contributed by atoms with Gasteiger partial charge in [-0.3, -0.25) is 9.59 Å². The molecule has 0 spiro atoms. The topological polar surface area (TPSA) is 81.4 Å². The van der Waals surface area contributed by atoms with Crippen LogP contribution in [0.25, 0.3) is 0 Å². The van der Waals surface area contributed by atoms with Crippen LogP contribution in [0.15, 0.2) is 48.5 Å². The summed E-state index contributed by atoms with van der Waals surface area (Å²) in [5.41, 5.74) is 2.26. The molecule has 1 N–H and O–H groups in total. The van der Waals surface area contributed by atoms with Gasteiger partial charge in [0.05, 0.1) is 18.1 Å². The fraction of sp³-hybridized carbons (Fsp3) is 0.167. The minimum Gasteiger partial charge on any atom is -0.481 e. The molecule has 2 rings (SSSR count). The Bertz CT molecular complexity index is 778. The molecule has 0 unspecified atom stereocenters. The van der Waals surface area contributed by atoms with Crippen molar-refractivity contribution in [2.75, 3.05) is 11.4 Å². The Morgan fingerprint density at radius 2 is 1.91 bits per heavy atom. The van der Waals surface area contributed by atoms with E-state index < -0.39 is 5.97 Å². The van der Waals surface area contributed by atoms with Crippen LogP contribution in [0.5, 0.6) is 0 Å². The number of anilines is 1. The van der Waals surface area contributed by atoms with Crippen molar-refractivity contribution in [3.05, 3.63) is 65.2 Å². The van der Waals surface area contributed by atoms with E-state index in [1.165, 1.54) is 4.90 Å². The number of nitrogens with zero attached hydrogens (tertiary/aromatic N) is 2. The van der Waals surface area contributed by atoms with E-state index in [2.05, 4.69) is 0 Å². The van der Waals surface area contributed by atoms with Gasteiger partial charge in [-0.05, 0) is 36.8 Å². The second-order valence-corrected chi connectivity index (χ2v) is 5.08. The first-order valence-electron chi connectivity index (χ1n) is 7.12. The molecule has 0 bridgehead atoms. The molecule has 0 saturated heterocycles. The van der Waals surface area contributed by atoms with Gasteiger partial charge >= 0.3 is 5.97 Å². The van der Waals surface area contributed by atoms with Gasteiger partial charge in [-0.15, -0.1) is 0 Å². The first kappa shape index (κ1) is 16.2. The summed E-state index contributed by atoms with van der Waals surface area (Å²) in [7, 11) is 0. The highest BCUT2D eigenvalue weighted by Gasteiger charge is 2.20. The van der Waals surface area contributed by atoms with Gasteiger partial charge in [-0.25, -0.2) is 0 Å². The van der Waals surface area contributed by atoms with E-state index in [0.717, 1.165) is 5.56 Å². The standard InChI is InChI=1S/C18H16N2O3/c1-13-5-2-3-8-16(13)18(23)20(10-9-17(21)22)15-7-4-6-14(11-15)12-19/h2-8,11H,9-10H2,1H3,(H,21,22). The van der Waals surface area contributed by atoms with Gasteiger partial charge in [-0.2, -0.15) is 5.26 Å². The van der Waals surface area contributed by atoms with Crippen molar-refractivity contribution in [2.45, 2.75) is 13.3 Å². The fourth-order valence-corrected chi connectivity index (χ4v) is 2.26. The summed E-state index contributed by atoms with van der Waals surface area (Å²) >= 11 is 0. The predicted molar refractivity (Wildman–Crippen MR) is 86.3 cm³/mol. The summed E-state index contributed by atoms with van der Waals surface area (Å²) in [6.07, 6.45) is -0.172. The number of carbonyl (C=O) groups excluding carboxylic acids is 1. The Morgan fingerprint density at radius 3 is 2.57 bits per heavy atom. The third-order valence-corrected chi connectivity index (χ3v) is 3.46. The smallest absolute Gasteiger partial charge is 0.305 e. The van der Waals surface area contributed by atoms with Crippen molar-refractivity contribution in [1.82, 2.24) is 0 Å². The Balaban J connectivity index is 2.41. The molecule has 0 aromatic heterocycles. The van der Waals surface area contributed by atoms with Crippen molar-refractivity contribution in [1.29, 1.82) is 5.26 Å². The van der Waals surface area contributed by atoms with Crippen LogP contribution in [0.3, 0.4) is 0 Å². The third kappa shape index (κ3) is 3.95. The predicted octanol–water partition coefficient (Wildman–Crippen LogP) is 2.99. The average Bonchev–Trinajstić information content (AvgIpc) is 2.55. The van der Waals surface area contributed by atoms with Crippen LogP contribution in [0.2, 0.25) is 0 Å². The molecule has 5 nitrogen and oxygen atoms in total. The van der Waals surface area contributed by atoms with Crippen molar-refractivity contribution in [3.8, 4) is 6.07 Å². The quantitative estimate of drug-likeness (QED) is 0.920. The van der Waals surface area contributed by atoms with E-state index in [1.54, 1.807) is 36.4 Å². The highest BCUT2D eigenvalue weighted by molar-refractivity contribution is 6.07. The number of aryl methyl sites for hydroxylation is 1. The molecule has 0 fully saturated rings. The largest absolute Gasteiger partial charge is 0.481 e. The zero-order valence-corrected chi connectivity index (χ0v) is 12.7. The maximum Gasteiger partial charge on any atom is 0.305 e. The van der Waals surface area contributed by atoms with E-state index in [9.17, 15) is 9.59 Å². The van der Waals surface area contributed by atoms with Crippen LogP contribution >= 0.6 is 0 Å². The van der Waals surface area contributed by atoms with Crippen LogP contribution < -0.4 is 4.90 Å². The Hall–Kier alpha value is -3.13. The van der Waals surface area contributed by atoms with Gasteiger partial charge in [0, 0.05) is 17.8 Å². The molecule has 116 valence electrons. The van der Waals surface area contributed by atoms with Crippen LogP contribution in [0.1, 0.15) is 27.9 Å². The summed E-state index contributed by atoms with van der Waals surface area (Å²) in [4.78, 5) is 25.1. The maximum atomic E-state index is 12.8. The van der Waals surface area contributed by atoms with E-state index in [4.69, 9.17) is 10.4 Å². The Labute approximate surface area is 134 Å². The number of aliphatic carboxylic acids is 1. The van der Waals surface area contributed by atoms with E-state index in [0.29, 0.717) is 16.8 Å². The molecule has 0 atom stereocenters. The zero-order valence-electron chi connectivity index (χ0n) is 12.7. The lowest BCUT2D eigenvalue weighted by Gasteiger charge is -2.23. The van der Waals surface area contributed by atoms with Gasteiger partial charge < -0.3 is 10.0 Å². The number of hydrogen-bond acceptors (Lipinski definition) is 3. The van der Waals surface area contributed by atoms with Crippen molar-refractivity contribution in [2.24, 2.45) is 0 Å². The molecule has 0 aliphatic rings. The summed E-state index contributed by atoms with van der Waals surface area (Å²) in [5.74, 6) is -1.26. The number of carboxylic acids is 1. The molecule has 1 amide bonds. The first-order valence-corrected chi connectivity index (χ1v) is 7.12. The normalized spacial score (nSPS) is 9.91. The van der Waals surface area contributed by atoms with Crippen LogP contribution in [0.4, 0.5) is 5.69 Å². The summed E-state index contributed by atoms with van der Waals surface area (Å²) in [6.45, 7) is 1.87. The minimum absolute atomic E-state index is 0.0391. The highest BCUT2D eigenvalue weighted by Crippen LogP contribution is 2.20. The monoisotopic (exact) mass is 308 g/mol. The number of benzene rings is 2. The lowest BCUT2D eigenvalue weighted by atomic mass is 10.1. The SMILES string of the molecule is Cc1ccccc1C(=O)N(CCC(=O)O)c1cccc(C#N)c1. The molecule has 2 aromatic carbocycles. The van der Waals surface area contributed by atoms with Gasteiger partial charge in [0.15, 0.2) is 0 Å². The van der Waals surface area contributed by atoms with Crippen LogP contribution in [0, 0.1) is 18.3 Å². The molecular weight excluding hydrogens is 292 g/mol. The average molecular weight is 308 g/mol. The molecule has 0 heterocycles. The third-order valence-electron chi connectivity index (χ3n) is 3.46. The molecule has 0 radical (unpaired) electrons. The van der Waals surface area contributed by atoms with Gasteiger partial charge in [-0.1, -0.05) is 24.3 Å². The number of carboxylic acid groups (broad SMARTS) is 1. The highest BCUT2D eigenvalue weighted by atomic mass is 16.4. The van der Waals surface area contributed by atoms with Crippen molar-refractivity contribution < 1.29 is 14.7 Å².